The number of fused-ring (bicyclic) bond motifs is 2. The molecule has 0 spiro atoms. The summed E-state index contributed by atoms with van der Waals surface area (Å²) in [6.45, 7) is 13.9. The predicted octanol–water partition coefficient (Wildman–Crippen LogP) is 2.18. The van der Waals surface area contributed by atoms with Gasteiger partial charge in [0, 0.05) is 25.8 Å². The van der Waals surface area contributed by atoms with Crippen molar-refractivity contribution in [3.8, 4) is 0 Å². The van der Waals surface area contributed by atoms with E-state index in [0.29, 0.717) is 0 Å². The molecule has 0 bridgehead atoms. The SMILES string of the molecule is CC(C)(C)c1ccc2c(c1)=c1cc(C(C)(C)C)c(=C(c3ccccc3)c3ccccc3)c(C3=CC=CC3)c1[C-]=2.[Cl-].[Cl-].[Hf]. The second-order valence-corrected chi connectivity index (χ2v) is 12.9. The number of allylic oxidation sites excluding steroid dienone is 4. The number of hydrogen-bond acceptors (Lipinski definition) is 0. The van der Waals surface area contributed by atoms with E-state index < -0.39 is 0 Å². The maximum absolute atomic E-state index is 3.90. The van der Waals surface area contributed by atoms with Crippen LogP contribution in [-0.2, 0) is 36.7 Å². The summed E-state index contributed by atoms with van der Waals surface area (Å²) < 4.78 is 0. The van der Waals surface area contributed by atoms with Gasteiger partial charge in [-0.2, -0.15) is 0 Å². The van der Waals surface area contributed by atoms with Crippen LogP contribution in [0.25, 0.3) is 17.2 Å². The summed E-state index contributed by atoms with van der Waals surface area (Å²) in [5.74, 6) is 0. The summed E-state index contributed by atoms with van der Waals surface area (Å²) in [7, 11) is 0. The second-order valence-electron chi connectivity index (χ2n) is 12.9. The summed E-state index contributed by atoms with van der Waals surface area (Å²) in [6, 6.07) is 31.3. The third kappa shape index (κ3) is 6.26. The van der Waals surface area contributed by atoms with Crippen LogP contribution in [0.1, 0.15) is 81.3 Å². The largest absolute Gasteiger partial charge is 1.00 e. The van der Waals surface area contributed by atoms with Gasteiger partial charge >= 0.3 is 0 Å². The summed E-state index contributed by atoms with van der Waals surface area (Å²) in [6.07, 6.45) is 11.6. The van der Waals surface area contributed by atoms with E-state index in [-0.39, 0.29) is 61.5 Å². The zero-order valence-electron chi connectivity index (χ0n) is 25.3. The van der Waals surface area contributed by atoms with Crippen molar-refractivity contribution in [2.45, 2.75) is 58.8 Å². The van der Waals surface area contributed by atoms with Crippen LogP contribution in [0.3, 0.4) is 0 Å². The Labute approximate surface area is 282 Å². The van der Waals surface area contributed by atoms with Gasteiger partial charge in [0.15, 0.2) is 0 Å². The van der Waals surface area contributed by atoms with Crippen LogP contribution in [0.2, 0.25) is 0 Å². The predicted molar refractivity (Wildman–Crippen MR) is 166 cm³/mol. The van der Waals surface area contributed by atoms with Gasteiger partial charge in [-0.15, -0.1) is 33.4 Å². The maximum atomic E-state index is 3.90. The minimum Gasteiger partial charge on any atom is -1.00 e. The van der Waals surface area contributed by atoms with Crippen LogP contribution in [0, 0.1) is 10.4 Å². The summed E-state index contributed by atoms with van der Waals surface area (Å²) in [5, 5.41) is 5.16. The minimum absolute atomic E-state index is 0. The zero-order valence-corrected chi connectivity index (χ0v) is 30.4. The molecule has 0 heterocycles. The first-order chi connectivity index (χ1) is 18.6. The number of halogens is 2. The van der Waals surface area contributed by atoms with Gasteiger partial charge in [-0.3, -0.25) is 0 Å². The van der Waals surface area contributed by atoms with E-state index in [1.807, 2.05) is 0 Å². The van der Waals surface area contributed by atoms with Gasteiger partial charge < -0.3 is 24.8 Å². The molecular formula is C39H37Cl2Hf-3. The Bertz CT molecular complexity index is 1830. The van der Waals surface area contributed by atoms with Crippen molar-refractivity contribution in [3.63, 3.8) is 0 Å². The van der Waals surface area contributed by atoms with E-state index >= 15 is 0 Å². The molecule has 4 aromatic rings. The van der Waals surface area contributed by atoms with E-state index in [4.69, 9.17) is 0 Å². The maximum Gasteiger partial charge on any atom is 0 e. The molecule has 214 valence electrons. The molecule has 0 aliphatic heterocycles. The molecule has 0 unspecified atom stereocenters. The molecule has 0 amide bonds. The topological polar surface area (TPSA) is 0 Å². The zero-order chi connectivity index (χ0) is 27.4. The van der Waals surface area contributed by atoms with Crippen LogP contribution in [-0.4, -0.2) is 0 Å². The second kappa shape index (κ2) is 13.0. The van der Waals surface area contributed by atoms with Crippen molar-refractivity contribution in [1.29, 1.82) is 0 Å². The van der Waals surface area contributed by atoms with E-state index in [2.05, 4.69) is 151 Å². The molecule has 0 nitrogen and oxygen atoms in total. The Kier molecular flexibility index (Phi) is 10.6. The molecule has 2 aliphatic rings. The molecule has 0 atom stereocenters. The first-order valence-corrected chi connectivity index (χ1v) is 14.1. The van der Waals surface area contributed by atoms with Gasteiger partial charge in [-0.05, 0) is 44.7 Å². The third-order valence-electron chi connectivity index (χ3n) is 8.04. The van der Waals surface area contributed by atoms with Crippen molar-refractivity contribution >= 4 is 17.2 Å². The number of hydrogen-bond donors (Lipinski definition) is 0. The van der Waals surface area contributed by atoms with Crippen LogP contribution in [0.5, 0.6) is 0 Å². The Balaban J connectivity index is 0.00000161. The van der Waals surface area contributed by atoms with Gasteiger partial charge in [0.25, 0.3) is 0 Å². The molecule has 0 radical (unpaired) electrons. The molecular weight excluding hydrogens is 718 g/mol. The number of rotatable bonds is 3. The fourth-order valence-electron chi connectivity index (χ4n) is 5.97. The van der Waals surface area contributed by atoms with Gasteiger partial charge in [0.2, 0.25) is 0 Å². The van der Waals surface area contributed by atoms with Crippen LogP contribution >= 0.6 is 0 Å². The van der Waals surface area contributed by atoms with Crippen molar-refractivity contribution in [1.82, 2.24) is 0 Å². The molecule has 0 N–H and O–H groups in total. The normalized spacial score (nSPS) is 13.0. The van der Waals surface area contributed by atoms with E-state index in [1.54, 1.807) is 0 Å². The molecule has 6 rings (SSSR count). The fourth-order valence-corrected chi connectivity index (χ4v) is 5.97. The summed E-state index contributed by atoms with van der Waals surface area (Å²) in [5.41, 5.74) is 10.5. The van der Waals surface area contributed by atoms with Crippen molar-refractivity contribution in [2.24, 2.45) is 0 Å². The number of benzene rings is 4. The van der Waals surface area contributed by atoms with Crippen LogP contribution in [0.15, 0.2) is 103 Å². The standard InChI is InChI=1S/C39H37.2ClH.Hf/c1-38(2,3)30-22-21-29-23-33-32(31(29)24-30)25-34(39(4,5)6)37(36(33)28-19-13-14-20-28)35(26-15-9-7-10-16-26)27-17-11-8-12-18-27;;;/h7-19,21-22,24-25H,20H2,1-6H3;2*1H;/q-1;;;/p-2. The Morgan fingerprint density at radius 1 is 0.690 bits per heavy atom. The molecule has 0 fully saturated rings. The molecule has 0 aromatic heterocycles. The van der Waals surface area contributed by atoms with Crippen molar-refractivity contribution < 1.29 is 50.7 Å². The molecule has 0 saturated carbocycles. The Morgan fingerprint density at radius 2 is 1.29 bits per heavy atom. The van der Waals surface area contributed by atoms with Crippen molar-refractivity contribution in [2.75, 3.05) is 0 Å². The minimum atomic E-state index is -0.0646. The molecule has 2 aliphatic carbocycles. The summed E-state index contributed by atoms with van der Waals surface area (Å²) in [4.78, 5) is 0. The Hall–Kier alpha value is -2.45. The van der Waals surface area contributed by atoms with E-state index in [9.17, 15) is 0 Å². The molecule has 42 heavy (non-hydrogen) atoms. The van der Waals surface area contributed by atoms with Crippen molar-refractivity contribution in [3.05, 3.63) is 157 Å². The monoisotopic (exact) mass is 755 g/mol. The molecule has 4 aromatic carbocycles. The Morgan fingerprint density at radius 3 is 1.79 bits per heavy atom. The average molecular weight is 755 g/mol. The van der Waals surface area contributed by atoms with Crippen LogP contribution < -0.4 is 35.3 Å². The third-order valence-corrected chi connectivity index (χ3v) is 8.04. The van der Waals surface area contributed by atoms with Gasteiger partial charge in [0.05, 0.1) is 0 Å². The quantitative estimate of drug-likeness (QED) is 0.196. The summed E-state index contributed by atoms with van der Waals surface area (Å²) >= 11 is 0. The smallest absolute Gasteiger partial charge is 0 e. The molecule has 0 saturated heterocycles. The molecule has 3 heteroatoms. The van der Waals surface area contributed by atoms with Gasteiger partial charge in [0.1, 0.15) is 0 Å². The first-order valence-electron chi connectivity index (χ1n) is 14.1. The first kappa shape index (κ1) is 34.0. The van der Waals surface area contributed by atoms with E-state index in [0.717, 1.165) is 6.42 Å². The fraction of sp³-hybridized carbons (Fsp3) is 0.231. The van der Waals surface area contributed by atoms with Gasteiger partial charge in [-0.25, -0.2) is 0 Å². The van der Waals surface area contributed by atoms with E-state index in [1.165, 1.54) is 65.4 Å². The van der Waals surface area contributed by atoms with Gasteiger partial charge in [-0.1, -0.05) is 155 Å². The van der Waals surface area contributed by atoms with Crippen LogP contribution in [0.4, 0.5) is 0 Å². The average Bonchev–Trinajstić information content (AvgIpc) is 3.56.